The van der Waals surface area contributed by atoms with Crippen molar-refractivity contribution in [3.63, 3.8) is 0 Å². The molecular formula is C19H20N4O. The number of hydrogen-bond acceptors (Lipinski definition) is 5. The standard InChI is InChI=1S/C19H20N4O/c20-10-16-6-7-17(11-21-16)23-13-18-19(14-23)24-9-8-22(18)12-15-4-2-1-3-5-15/h1-7,11,18-19H,8-9,12-14H2/t18-,19+/m1/s1. The van der Waals surface area contributed by atoms with Crippen molar-refractivity contribution in [2.75, 3.05) is 31.1 Å². The van der Waals surface area contributed by atoms with Crippen LogP contribution in [-0.4, -0.2) is 48.3 Å². The molecule has 2 atom stereocenters. The first-order valence-electron chi connectivity index (χ1n) is 8.34. The SMILES string of the molecule is N#Cc1ccc(N2C[C@@H]3OCCN(Cc4ccccc4)[C@@H]3C2)cn1. The summed E-state index contributed by atoms with van der Waals surface area (Å²) >= 11 is 0. The van der Waals surface area contributed by atoms with E-state index in [1.165, 1.54) is 5.56 Å². The van der Waals surface area contributed by atoms with Crippen LogP contribution < -0.4 is 4.90 Å². The molecule has 0 saturated carbocycles. The molecule has 2 fully saturated rings. The van der Waals surface area contributed by atoms with Crippen LogP contribution in [0.2, 0.25) is 0 Å². The number of hydrogen-bond donors (Lipinski definition) is 0. The van der Waals surface area contributed by atoms with Gasteiger partial charge in [0, 0.05) is 26.2 Å². The number of anilines is 1. The van der Waals surface area contributed by atoms with Crippen molar-refractivity contribution in [2.24, 2.45) is 0 Å². The summed E-state index contributed by atoms with van der Waals surface area (Å²) < 4.78 is 6.01. The number of morpholine rings is 1. The summed E-state index contributed by atoms with van der Waals surface area (Å²) in [6, 6.07) is 16.8. The summed E-state index contributed by atoms with van der Waals surface area (Å²) in [5.74, 6) is 0. The molecular weight excluding hydrogens is 300 g/mol. The predicted octanol–water partition coefficient (Wildman–Crippen LogP) is 2.04. The summed E-state index contributed by atoms with van der Waals surface area (Å²) in [6.07, 6.45) is 2.02. The molecule has 4 rings (SSSR count). The molecule has 0 bridgehead atoms. The van der Waals surface area contributed by atoms with E-state index in [0.717, 1.165) is 38.5 Å². The van der Waals surface area contributed by atoms with Crippen molar-refractivity contribution in [3.05, 3.63) is 59.9 Å². The Morgan fingerprint density at radius 2 is 2.04 bits per heavy atom. The lowest BCUT2D eigenvalue weighted by molar-refractivity contribution is -0.0499. The van der Waals surface area contributed by atoms with Crippen LogP contribution in [0.5, 0.6) is 0 Å². The van der Waals surface area contributed by atoms with Crippen LogP contribution >= 0.6 is 0 Å². The number of rotatable bonds is 3. The summed E-state index contributed by atoms with van der Waals surface area (Å²) in [4.78, 5) is 9.03. The highest BCUT2D eigenvalue weighted by Gasteiger charge is 2.40. The van der Waals surface area contributed by atoms with Crippen molar-refractivity contribution >= 4 is 5.69 Å². The maximum absolute atomic E-state index is 8.88. The normalized spacial score (nSPS) is 23.7. The molecule has 0 N–H and O–H groups in total. The van der Waals surface area contributed by atoms with Crippen molar-refractivity contribution < 1.29 is 4.74 Å². The molecule has 2 aliphatic rings. The van der Waals surface area contributed by atoms with Gasteiger partial charge in [0.05, 0.1) is 30.6 Å². The second-order valence-electron chi connectivity index (χ2n) is 6.35. The molecule has 3 heterocycles. The van der Waals surface area contributed by atoms with Crippen LogP contribution in [0, 0.1) is 11.3 Å². The van der Waals surface area contributed by atoms with E-state index >= 15 is 0 Å². The van der Waals surface area contributed by atoms with Gasteiger partial charge in [0.1, 0.15) is 11.8 Å². The minimum atomic E-state index is 0.234. The monoisotopic (exact) mass is 320 g/mol. The topological polar surface area (TPSA) is 52.4 Å². The Labute approximate surface area is 142 Å². The third kappa shape index (κ3) is 2.99. The zero-order chi connectivity index (χ0) is 16.4. The molecule has 0 radical (unpaired) electrons. The molecule has 24 heavy (non-hydrogen) atoms. The van der Waals surface area contributed by atoms with Gasteiger partial charge in [-0.3, -0.25) is 4.90 Å². The number of benzene rings is 1. The van der Waals surface area contributed by atoms with Crippen LogP contribution in [0.15, 0.2) is 48.7 Å². The van der Waals surface area contributed by atoms with Gasteiger partial charge in [-0.25, -0.2) is 4.98 Å². The number of nitriles is 1. The van der Waals surface area contributed by atoms with E-state index in [1.807, 2.05) is 6.07 Å². The molecule has 5 nitrogen and oxygen atoms in total. The highest BCUT2D eigenvalue weighted by molar-refractivity contribution is 5.48. The zero-order valence-corrected chi connectivity index (χ0v) is 13.5. The molecule has 0 aliphatic carbocycles. The number of fused-ring (bicyclic) bond motifs is 1. The van der Waals surface area contributed by atoms with Gasteiger partial charge < -0.3 is 9.64 Å². The van der Waals surface area contributed by atoms with Gasteiger partial charge in [0.25, 0.3) is 0 Å². The first kappa shape index (κ1) is 15.1. The largest absolute Gasteiger partial charge is 0.373 e. The molecule has 122 valence electrons. The molecule has 0 amide bonds. The van der Waals surface area contributed by atoms with Crippen molar-refractivity contribution in [3.8, 4) is 6.07 Å². The molecule has 0 unspecified atom stereocenters. The van der Waals surface area contributed by atoms with Crippen LogP contribution in [0.1, 0.15) is 11.3 Å². The van der Waals surface area contributed by atoms with E-state index in [9.17, 15) is 0 Å². The third-order valence-corrected chi connectivity index (χ3v) is 4.87. The van der Waals surface area contributed by atoms with Gasteiger partial charge in [-0.1, -0.05) is 30.3 Å². The second kappa shape index (κ2) is 6.60. The molecule has 2 aliphatic heterocycles. The summed E-state index contributed by atoms with van der Waals surface area (Å²) in [7, 11) is 0. The van der Waals surface area contributed by atoms with Crippen LogP contribution in [-0.2, 0) is 11.3 Å². The Balaban J connectivity index is 1.48. The van der Waals surface area contributed by atoms with Crippen LogP contribution in [0.3, 0.4) is 0 Å². The van der Waals surface area contributed by atoms with Crippen LogP contribution in [0.25, 0.3) is 0 Å². The Hall–Kier alpha value is -2.42. The average molecular weight is 320 g/mol. The number of nitrogens with zero attached hydrogens (tertiary/aromatic N) is 4. The maximum Gasteiger partial charge on any atom is 0.140 e. The number of aromatic nitrogens is 1. The average Bonchev–Trinajstić information content (AvgIpc) is 3.08. The Bertz CT molecular complexity index is 725. The lowest BCUT2D eigenvalue weighted by Gasteiger charge is -2.36. The van der Waals surface area contributed by atoms with Gasteiger partial charge in [-0.05, 0) is 17.7 Å². The minimum Gasteiger partial charge on any atom is -0.373 e. The van der Waals surface area contributed by atoms with E-state index in [1.54, 1.807) is 12.3 Å². The second-order valence-corrected chi connectivity index (χ2v) is 6.35. The molecule has 2 saturated heterocycles. The Morgan fingerprint density at radius 1 is 1.17 bits per heavy atom. The summed E-state index contributed by atoms with van der Waals surface area (Å²) in [5, 5.41) is 8.88. The number of ether oxygens (including phenoxy) is 1. The molecule has 2 aromatic rings. The lowest BCUT2D eigenvalue weighted by atomic mass is 10.1. The van der Waals surface area contributed by atoms with Crippen molar-refractivity contribution in [2.45, 2.75) is 18.7 Å². The fraction of sp³-hybridized carbons (Fsp3) is 0.368. The predicted molar refractivity (Wildman–Crippen MR) is 91.5 cm³/mol. The third-order valence-electron chi connectivity index (χ3n) is 4.87. The first-order chi connectivity index (χ1) is 11.8. The van der Waals surface area contributed by atoms with E-state index in [4.69, 9.17) is 10.00 Å². The lowest BCUT2D eigenvalue weighted by Crippen LogP contribution is -2.50. The highest BCUT2D eigenvalue weighted by Crippen LogP contribution is 2.28. The quantitative estimate of drug-likeness (QED) is 0.866. The van der Waals surface area contributed by atoms with E-state index in [0.29, 0.717) is 11.7 Å². The zero-order valence-electron chi connectivity index (χ0n) is 13.5. The smallest absolute Gasteiger partial charge is 0.140 e. The fourth-order valence-corrected chi connectivity index (χ4v) is 3.62. The minimum absolute atomic E-state index is 0.234. The van der Waals surface area contributed by atoms with Gasteiger partial charge >= 0.3 is 0 Å². The number of pyridine rings is 1. The summed E-state index contributed by atoms with van der Waals surface area (Å²) in [5.41, 5.74) is 2.86. The Morgan fingerprint density at radius 3 is 2.79 bits per heavy atom. The molecule has 1 aromatic heterocycles. The fourth-order valence-electron chi connectivity index (χ4n) is 3.62. The summed E-state index contributed by atoms with van der Waals surface area (Å²) in [6.45, 7) is 4.53. The van der Waals surface area contributed by atoms with Crippen molar-refractivity contribution in [1.29, 1.82) is 5.26 Å². The van der Waals surface area contributed by atoms with Gasteiger partial charge in [-0.15, -0.1) is 0 Å². The maximum atomic E-state index is 8.88. The van der Waals surface area contributed by atoms with E-state index in [2.05, 4.69) is 51.2 Å². The Kier molecular flexibility index (Phi) is 4.16. The van der Waals surface area contributed by atoms with E-state index in [-0.39, 0.29) is 6.10 Å². The van der Waals surface area contributed by atoms with Gasteiger partial charge in [-0.2, -0.15) is 5.26 Å². The highest BCUT2D eigenvalue weighted by atomic mass is 16.5. The van der Waals surface area contributed by atoms with Crippen LogP contribution in [0.4, 0.5) is 5.69 Å². The molecule has 0 spiro atoms. The molecule has 1 aromatic carbocycles. The van der Waals surface area contributed by atoms with E-state index < -0.39 is 0 Å². The van der Waals surface area contributed by atoms with Crippen molar-refractivity contribution in [1.82, 2.24) is 9.88 Å². The van der Waals surface area contributed by atoms with Gasteiger partial charge in [0.2, 0.25) is 0 Å². The first-order valence-corrected chi connectivity index (χ1v) is 8.34. The van der Waals surface area contributed by atoms with Gasteiger partial charge in [0.15, 0.2) is 0 Å². The molecule has 5 heteroatoms.